The molecule has 5 rings (SSSR count). The van der Waals surface area contributed by atoms with Crippen LogP contribution in [-0.2, 0) is 13.6 Å². The molecule has 0 aliphatic heterocycles. The van der Waals surface area contributed by atoms with Gasteiger partial charge >= 0.3 is 7.60 Å². The Morgan fingerprint density at radius 3 is 2.08 bits per heavy atom. The molecule has 0 bridgehead atoms. The number of benzene rings is 4. The summed E-state index contributed by atoms with van der Waals surface area (Å²) in [4.78, 5) is 21.1. The molecule has 5 aromatic rings. The van der Waals surface area contributed by atoms with Crippen LogP contribution in [0.2, 0.25) is 5.02 Å². The summed E-state index contributed by atoms with van der Waals surface area (Å²) in [5, 5.41) is 0.864. The van der Waals surface area contributed by atoms with Crippen LogP contribution < -0.4 is 5.30 Å². The van der Waals surface area contributed by atoms with E-state index in [0.717, 1.165) is 22.3 Å². The summed E-state index contributed by atoms with van der Waals surface area (Å²) in [6, 6.07) is 28.5. The molecule has 0 radical (unpaired) electrons. The van der Waals surface area contributed by atoms with E-state index in [9.17, 15) is 9.36 Å². The van der Waals surface area contributed by atoms with Gasteiger partial charge in [0.25, 0.3) is 0 Å². The fourth-order valence-electron chi connectivity index (χ4n) is 4.49. The van der Waals surface area contributed by atoms with Crippen molar-refractivity contribution in [3.8, 4) is 22.3 Å². The minimum absolute atomic E-state index is 0.157. The molecule has 1 heterocycles. The zero-order valence-electron chi connectivity index (χ0n) is 22.7. The maximum Gasteiger partial charge on any atom is 0.361 e. The van der Waals surface area contributed by atoms with Crippen LogP contribution in [0.3, 0.4) is 0 Å². The SMILES string of the molecule is CC(C)OP(=O)(OC(C)C)c1cccc(C(=O)c2nc3cc(-c4ccc(-c5ccccc5)cc4)c(Cl)cc3[nH]2)c1. The Kier molecular flexibility index (Phi) is 8.07. The molecular formula is C32H30ClN2O4P. The van der Waals surface area contributed by atoms with Gasteiger partial charge < -0.3 is 14.0 Å². The Balaban J connectivity index is 1.45. The number of nitrogens with one attached hydrogen (secondary N) is 1. The molecule has 0 saturated carbocycles. The summed E-state index contributed by atoms with van der Waals surface area (Å²) in [7, 11) is -3.64. The standard InChI is InChI=1S/C32H30ClN2O4P/c1-20(2)38-40(37,39-21(3)4)26-12-8-11-25(17-26)31(36)32-34-29-18-27(28(33)19-30(29)35-32)24-15-13-23(14-16-24)22-9-6-5-7-10-22/h5-21H,1-4H3,(H,34,35). The first-order valence-corrected chi connectivity index (χ1v) is 15.0. The van der Waals surface area contributed by atoms with Crippen LogP contribution >= 0.6 is 19.2 Å². The number of hydrogen-bond donors (Lipinski definition) is 1. The summed E-state index contributed by atoms with van der Waals surface area (Å²) in [5.74, 6) is -0.187. The number of nitrogens with zero attached hydrogens (tertiary/aromatic N) is 1. The van der Waals surface area contributed by atoms with Gasteiger partial charge in [0.05, 0.1) is 33.6 Å². The second-order valence-corrected chi connectivity index (χ2v) is 12.4. The lowest BCUT2D eigenvalue weighted by molar-refractivity contribution is 0.103. The van der Waals surface area contributed by atoms with E-state index in [1.807, 2.05) is 36.4 Å². The highest BCUT2D eigenvalue weighted by Crippen LogP contribution is 2.49. The molecule has 8 heteroatoms. The number of rotatable bonds is 9. The zero-order valence-corrected chi connectivity index (χ0v) is 24.4. The van der Waals surface area contributed by atoms with Crippen LogP contribution in [0.1, 0.15) is 43.9 Å². The number of carbonyl (C=O) groups is 1. The minimum Gasteiger partial charge on any atom is -0.335 e. The normalized spacial score (nSPS) is 12.0. The second-order valence-electron chi connectivity index (χ2n) is 10.1. The van der Waals surface area contributed by atoms with Crippen molar-refractivity contribution in [2.24, 2.45) is 0 Å². The van der Waals surface area contributed by atoms with Crippen LogP contribution in [0.15, 0.2) is 91.0 Å². The van der Waals surface area contributed by atoms with E-state index in [4.69, 9.17) is 20.6 Å². The zero-order chi connectivity index (χ0) is 28.4. The van der Waals surface area contributed by atoms with Crippen molar-refractivity contribution < 1.29 is 18.4 Å². The molecule has 1 N–H and O–H groups in total. The lowest BCUT2D eigenvalue weighted by Gasteiger charge is -2.23. The third-order valence-electron chi connectivity index (χ3n) is 6.21. The fourth-order valence-corrected chi connectivity index (χ4v) is 6.73. The number of fused-ring (bicyclic) bond motifs is 1. The molecule has 0 spiro atoms. The Hall–Kier alpha value is -3.54. The maximum absolute atomic E-state index is 13.6. The molecule has 0 atom stereocenters. The number of carbonyl (C=O) groups excluding carboxylic acids is 1. The highest BCUT2D eigenvalue weighted by Gasteiger charge is 2.31. The molecule has 0 aliphatic carbocycles. The first-order valence-electron chi connectivity index (χ1n) is 13.1. The van der Waals surface area contributed by atoms with E-state index < -0.39 is 7.60 Å². The Morgan fingerprint density at radius 2 is 1.43 bits per heavy atom. The molecule has 1 aromatic heterocycles. The molecule has 4 aromatic carbocycles. The molecule has 0 saturated heterocycles. The van der Waals surface area contributed by atoms with Gasteiger partial charge in [-0.05, 0) is 68.7 Å². The van der Waals surface area contributed by atoms with Gasteiger partial charge in [0.2, 0.25) is 5.78 Å². The van der Waals surface area contributed by atoms with E-state index in [0.29, 0.717) is 26.9 Å². The van der Waals surface area contributed by atoms with Gasteiger partial charge in [-0.15, -0.1) is 0 Å². The molecule has 6 nitrogen and oxygen atoms in total. The maximum atomic E-state index is 13.6. The van der Waals surface area contributed by atoms with E-state index in [-0.39, 0.29) is 23.8 Å². The third kappa shape index (κ3) is 5.96. The summed E-state index contributed by atoms with van der Waals surface area (Å²) in [5.41, 5.74) is 5.59. The van der Waals surface area contributed by atoms with Crippen molar-refractivity contribution in [2.75, 3.05) is 0 Å². The highest BCUT2D eigenvalue weighted by atomic mass is 35.5. The number of ketones is 1. The molecule has 40 heavy (non-hydrogen) atoms. The van der Waals surface area contributed by atoms with Gasteiger partial charge in [-0.2, -0.15) is 0 Å². The predicted molar refractivity (Wildman–Crippen MR) is 162 cm³/mol. The van der Waals surface area contributed by atoms with Crippen LogP contribution in [0, 0.1) is 0 Å². The lowest BCUT2D eigenvalue weighted by Crippen LogP contribution is -2.18. The van der Waals surface area contributed by atoms with Crippen LogP contribution in [0.25, 0.3) is 33.3 Å². The Morgan fingerprint density at radius 1 is 0.800 bits per heavy atom. The van der Waals surface area contributed by atoms with Crippen LogP contribution in [0.4, 0.5) is 0 Å². The highest BCUT2D eigenvalue weighted by molar-refractivity contribution is 7.62. The van der Waals surface area contributed by atoms with Gasteiger partial charge in [0.15, 0.2) is 5.82 Å². The molecule has 0 aliphatic rings. The first-order chi connectivity index (χ1) is 19.1. The van der Waals surface area contributed by atoms with Crippen molar-refractivity contribution in [1.29, 1.82) is 0 Å². The number of hydrogen-bond acceptors (Lipinski definition) is 5. The Labute approximate surface area is 238 Å². The molecule has 0 unspecified atom stereocenters. The van der Waals surface area contributed by atoms with Crippen molar-refractivity contribution in [3.63, 3.8) is 0 Å². The average Bonchev–Trinajstić information content (AvgIpc) is 3.35. The topological polar surface area (TPSA) is 81.3 Å². The summed E-state index contributed by atoms with van der Waals surface area (Å²) in [6.45, 7) is 7.15. The molecule has 0 fully saturated rings. The average molecular weight is 573 g/mol. The van der Waals surface area contributed by atoms with Crippen LogP contribution in [-0.4, -0.2) is 28.0 Å². The van der Waals surface area contributed by atoms with Crippen molar-refractivity contribution in [1.82, 2.24) is 9.97 Å². The Bertz CT molecular complexity index is 1700. The number of halogens is 1. The van der Waals surface area contributed by atoms with Crippen LogP contribution in [0.5, 0.6) is 0 Å². The van der Waals surface area contributed by atoms with Gasteiger partial charge in [0, 0.05) is 11.1 Å². The van der Waals surface area contributed by atoms with E-state index in [1.54, 1.807) is 58.0 Å². The predicted octanol–water partition coefficient (Wildman–Crippen LogP) is 8.45. The second kappa shape index (κ2) is 11.5. The first kappa shape index (κ1) is 28.0. The summed E-state index contributed by atoms with van der Waals surface area (Å²) < 4.78 is 25.0. The lowest BCUT2D eigenvalue weighted by atomic mass is 10.00. The number of aromatic amines is 1. The molecule has 0 amide bonds. The van der Waals surface area contributed by atoms with Gasteiger partial charge in [-0.3, -0.25) is 9.36 Å². The van der Waals surface area contributed by atoms with Gasteiger partial charge in [-0.25, -0.2) is 4.98 Å². The van der Waals surface area contributed by atoms with Crippen molar-refractivity contribution in [2.45, 2.75) is 39.9 Å². The summed E-state index contributed by atoms with van der Waals surface area (Å²) in [6.07, 6.45) is -0.652. The number of imidazole rings is 1. The van der Waals surface area contributed by atoms with Crippen molar-refractivity contribution >= 4 is 41.3 Å². The van der Waals surface area contributed by atoms with Gasteiger partial charge in [0.1, 0.15) is 0 Å². The summed E-state index contributed by atoms with van der Waals surface area (Å²) >= 11 is 6.66. The van der Waals surface area contributed by atoms with E-state index in [2.05, 4.69) is 34.2 Å². The van der Waals surface area contributed by atoms with Gasteiger partial charge in [-0.1, -0.05) is 78.3 Å². The monoisotopic (exact) mass is 572 g/mol. The molecular weight excluding hydrogens is 543 g/mol. The number of H-pyrrole nitrogens is 1. The van der Waals surface area contributed by atoms with Crippen molar-refractivity contribution in [3.05, 3.63) is 107 Å². The number of aromatic nitrogens is 2. The van der Waals surface area contributed by atoms with E-state index in [1.165, 1.54) is 0 Å². The van der Waals surface area contributed by atoms with E-state index >= 15 is 0 Å². The molecule has 204 valence electrons. The smallest absolute Gasteiger partial charge is 0.335 e. The quantitative estimate of drug-likeness (QED) is 0.141. The largest absolute Gasteiger partial charge is 0.361 e. The minimum atomic E-state index is -3.64. The third-order valence-corrected chi connectivity index (χ3v) is 8.83. The fraction of sp³-hybridized carbons (Fsp3) is 0.188.